The van der Waals surface area contributed by atoms with Gasteiger partial charge in [0, 0.05) is 37.1 Å². The van der Waals surface area contributed by atoms with Crippen molar-refractivity contribution < 1.29 is 18.0 Å². The van der Waals surface area contributed by atoms with Crippen molar-refractivity contribution >= 4 is 22.5 Å². The molecular weight excluding hydrogens is 411 g/mol. The van der Waals surface area contributed by atoms with Crippen molar-refractivity contribution in [3.05, 3.63) is 24.3 Å². The van der Waals surface area contributed by atoms with Gasteiger partial charge in [0.05, 0.1) is 11.6 Å². The van der Waals surface area contributed by atoms with E-state index in [-0.39, 0.29) is 5.92 Å². The van der Waals surface area contributed by atoms with Crippen LogP contribution in [0.4, 0.5) is 13.2 Å². The first kappa shape index (κ1) is 20.2. The van der Waals surface area contributed by atoms with Crippen molar-refractivity contribution in [1.29, 1.82) is 0 Å². The largest absolute Gasteiger partial charge is 0.405 e. The molecular formula is C20H24F3N7O. The summed E-state index contributed by atoms with van der Waals surface area (Å²) >= 11 is 0. The van der Waals surface area contributed by atoms with Crippen LogP contribution < -0.4 is 5.32 Å². The highest BCUT2D eigenvalue weighted by Gasteiger charge is 2.37. The molecule has 2 fully saturated rings. The van der Waals surface area contributed by atoms with E-state index in [1.807, 2.05) is 17.6 Å². The Labute approximate surface area is 176 Å². The van der Waals surface area contributed by atoms with E-state index in [9.17, 15) is 18.0 Å². The summed E-state index contributed by atoms with van der Waals surface area (Å²) in [5, 5.41) is 11.7. The third kappa shape index (κ3) is 4.10. The average molecular weight is 435 g/mol. The smallest absolute Gasteiger partial charge is 0.347 e. The number of aromatic amines is 1. The molecule has 3 aromatic rings. The molecule has 2 aliphatic rings. The number of carbonyl (C=O) groups excluding carboxylic acids is 1. The van der Waals surface area contributed by atoms with Crippen molar-refractivity contribution in [3.63, 3.8) is 0 Å². The Bertz CT molecular complexity index is 1080. The Morgan fingerprint density at radius 3 is 2.74 bits per heavy atom. The second kappa shape index (κ2) is 7.77. The number of amides is 1. The Morgan fingerprint density at radius 1 is 1.23 bits per heavy atom. The van der Waals surface area contributed by atoms with Gasteiger partial charge < -0.3 is 15.2 Å². The van der Waals surface area contributed by atoms with Crippen LogP contribution in [0.25, 0.3) is 16.6 Å². The average Bonchev–Trinajstić information content (AvgIpc) is 3.34. The molecule has 11 heteroatoms. The molecule has 4 heterocycles. The lowest BCUT2D eigenvalue weighted by molar-refractivity contribution is -0.144. The molecule has 2 N–H and O–H groups in total. The maximum absolute atomic E-state index is 12.2. The molecule has 0 atom stereocenters. The molecule has 5 rings (SSSR count). The molecule has 1 saturated heterocycles. The second-order valence-electron chi connectivity index (χ2n) is 8.72. The summed E-state index contributed by atoms with van der Waals surface area (Å²) in [6.07, 6.45) is 3.36. The summed E-state index contributed by atoms with van der Waals surface area (Å²) < 4.78 is 38.4. The van der Waals surface area contributed by atoms with Crippen LogP contribution in [0.1, 0.15) is 37.3 Å². The first-order chi connectivity index (χ1) is 14.9. The Hall–Kier alpha value is -2.69. The lowest BCUT2D eigenvalue weighted by atomic mass is 9.79. The molecule has 1 saturated carbocycles. The molecule has 0 spiro atoms. The number of likely N-dealkylation sites (tertiary alicyclic amines) is 1. The molecule has 3 aromatic heterocycles. The topological polar surface area (TPSA) is 91.2 Å². The highest BCUT2D eigenvalue weighted by Crippen LogP contribution is 2.38. The van der Waals surface area contributed by atoms with Crippen LogP contribution in [0.15, 0.2) is 18.6 Å². The predicted molar refractivity (Wildman–Crippen MR) is 106 cm³/mol. The van der Waals surface area contributed by atoms with Crippen LogP contribution in [0.3, 0.4) is 0 Å². The SMILES string of the molecule is O=C(NCC(F)(F)F)C1CN(CC2CCC(c3nnn4cnc5[nH]ccc5c34)CC2)C1. The van der Waals surface area contributed by atoms with Crippen LogP contribution in [0, 0.1) is 11.8 Å². The summed E-state index contributed by atoms with van der Waals surface area (Å²) in [4.78, 5) is 21.5. The third-order valence-corrected chi connectivity index (χ3v) is 6.54. The molecule has 0 aromatic carbocycles. The van der Waals surface area contributed by atoms with E-state index in [4.69, 9.17) is 0 Å². The number of aromatic nitrogens is 5. The Balaban J connectivity index is 1.13. The molecule has 1 aliphatic heterocycles. The maximum atomic E-state index is 12.2. The van der Waals surface area contributed by atoms with Crippen LogP contribution in [0.2, 0.25) is 0 Å². The number of hydrogen-bond donors (Lipinski definition) is 2. The number of alkyl halides is 3. The Kier molecular flexibility index (Phi) is 5.07. The molecule has 0 radical (unpaired) electrons. The van der Waals surface area contributed by atoms with E-state index in [1.165, 1.54) is 0 Å². The van der Waals surface area contributed by atoms with Crippen molar-refractivity contribution in [2.45, 2.75) is 37.8 Å². The van der Waals surface area contributed by atoms with Crippen LogP contribution in [-0.2, 0) is 4.79 Å². The summed E-state index contributed by atoms with van der Waals surface area (Å²) in [6, 6.07) is 2.00. The molecule has 1 aliphatic carbocycles. The highest BCUT2D eigenvalue weighted by molar-refractivity contribution is 5.92. The standard InChI is InChI=1S/C20H24F3N7O/c21-20(22,23)10-25-19(31)14-8-29(9-14)7-12-1-3-13(4-2-12)16-17-15-5-6-24-18(15)26-11-30(17)28-27-16/h5-6,11-14,24H,1-4,7-10H2,(H,25,31). The molecule has 166 valence electrons. The number of halogens is 3. The molecule has 0 bridgehead atoms. The van der Waals surface area contributed by atoms with E-state index < -0.39 is 18.6 Å². The van der Waals surface area contributed by atoms with Crippen LogP contribution >= 0.6 is 0 Å². The van der Waals surface area contributed by atoms with E-state index >= 15 is 0 Å². The minimum atomic E-state index is -4.36. The van der Waals surface area contributed by atoms with E-state index in [0.717, 1.165) is 54.5 Å². The van der Waals surface area contributed by atoms with Crippen molar-refractivity contribution in [2.24, 2.45) is 11.8 Å². The fourth-order valence-corrected chi connectivity index (χ4v) is 4.89. The number of hydrogen-bond acceptors (Lipinski definition) is 5. The van der Waals surface area contributed by atoms with Gasteiger partial charge in [-0.2, -0.15) is 13.2 Å². The summed E-state index contributed by atoms with van der Waals surface area (Å²) in [5.74, 6) is 0.0544. The zero-order chi connectivity index (χ0) is 21.6. The van der Waals surface area contributed by atoms with Gasteiger partial charge in [0.15, 0.2) is 0 Å². The van der Waals surface area contributed by atoms with Gasteiger partial charge in [-0.25, -0.2) is 9.50 Å². The number of rotatable bonds is 5. The molecule has 8 nitrogen and oxygen atoms in total. The minimum absolute atomic E-state index is 0.334. The van der Waals surface area contributed by atoms with Gasteiger partial charge in [-0.3, -0.25) is 4.79 Å². The normalized spacial score (nSPS) is 23.3. The minimum Gasteiger partial charge on any atom is -0.347 e. The van der Waals surface area contributed by atoms with Gasteiger partial charge in [-0.15, -0.1) is 5.10 Å². The fraction of sp³-hybridized carbons (Fsp3) is 0.600. The van der Waals surface area contributed by atoms with Gasteiger partial charge in [0.25, 0.3) is 0 Å². The van der Waals surface area contributed by atoms with E-state index in [2.05, 4.69) is 25.2 Å². The summed E-state index contributed by atoms with van der Waals surface area (Å²) in [5.41, 5.74) is 2.87. The third-order valence-electron chi connectivity index (χ3n) is 6.54. The summed E-state index contributed by atoms with van der Waals surface area (Å²) in [6.45, 7) is 0.717. The first-order valence-electron chi connectivity index (χ1n) is 10.6. The lowest BCUT2D eigenvalue weighted by Crippen LogP contribution is -2.55. The fourth-order valence-electron chi connectivity index (χ4n) is 4.89. The summed E-state index contributed by atoms with van der Waals surface area (Å²) in [7, 11) is 0. The molecule has 31 heavy (non-hydrogen) atoms. The molecule has 1 amide bonds. The number of nitrogens with zero attached hydrogens (tertiary/aromatic N) is 5. The van der Waals surface area contributed by atoms with Crippen LogP contribution in [0.5, 0.6) is 0 Å². The van der Waals surface area contributed by atoms with Crippen molar-refractivity contribution in [3.8, 4) is 0 Å². The van der Waals surface area contributed by atoms with Gasteiger partial charge in [-0.1, -0.05) is 5.21 Å². The van der Waals surface area contributed by atoms with Gasteiger partial charge in [0.1, 0.15) is 24.0 Å². The maximum Gasteiger partial charge on any atom is 0.405 e. The zero-order valence-electron chi connectivity index (χ0n) is 16.9. The quantitative estimate of drug-likeness (QED) is 0.643. The van der Waals surface area contributed by atoms with Crippen LogP contribution in [-0.4, -0.2) is 68.0 Å². The number of fused-ring (bicyclic) bond motifs is 3. The molecule has 0 unspecified atom stereocenters. The Morgan fingerprint density at radius 2 is 2.00 bits per heavy atom. The monoisotopic (exact) mass is 435 g/mol. The number of carbonyl (C=O) groups is 1. The number of nitrogens with one attached hydrogen (secondary N) is 2. The van der Waals surface area contributed by atoms with Crippen molar-refractivity contribution in [1.82, 2.24) is 35.0 Å². The van der Waals surface area contributed by atoms with Crippen molar-refractivity contribution in [2.75, 3.05) is 26.2 Å². The number of H-pyrrole nitrogens is 1. The second-order valence-corrected chi connectivity index (χ2v) is 8.72. The highest BCUT2D eigenvalue weighted by atomic mass is 19.4. The van der Waals surface area contributed by atoms with Gasteiger partial charge in [-0.05, 0) is 37.7 Å². The van der Waals surface area contributed by atoms with E-state index in [1.54, 1.807) is 10.8 Å². The van der Waals surface area contributed by atoms with Gasteiger partial charge in [0.2, 0.25) is 5.91 Å². The first-order valence-corrected chi connectivity index (χ1v) is 10.6. The van der Waals surface area contributed by atoms with E-state index in [0.29, 0.717) is 24.9 Å². The zero-order valence-corrected chi connectivity index (χ0v) is 16.9. The van der Waals surface area contributed by atoms with Gasteiger partial charge >= 0.3 is 6.18 Å². The lowest BCUT2D eigenvalue weighted by Gasteiger charge is -2.41. The predicted octanol–water partition coefficient (Wildman–Crippen LogP) is 2.49.